The van der Waals surface area contributed by atoms with Crippen molar-refractivity contribution in [3.63, 3.8) is 0 Å². The third-order valence-electron chi connectivity index (χ3n) is 3.01. The second-order valence-electron chi connectivity index (χ2n) is 5.47. The summed E-state index contributed by atoms with van der Waals surface area (Å²) >= 11 is 5.32. The molecule has 1 atom stereocenters. The summed E-state index contributed by atoms with van der Waals surface area (Å²) in [6.45, 7) is 6.03. The lowest BCUT2D eigenvalue weighted by molar-refractivity contribution is -0.125. The molecule has 0 aromatic carbocycles. The maximum absolute atomic E-state index is 11.8. The Morgan fingerprint density at radius 1 is 1.12 bits per heavy atom. The molecule has 0 aromatic heterocycles. The first-order valence-corrected chi connectivity index (χ1v) is 8.29. The molecule has 0 fully saturated rings. The Morgan fingerprint density at radius 3 is 2.38 bits per heavy atom. The fourth-order valence-corrected chi connectivity index (χ4v) is 2.13. The van der Waals surface area contributed by atoms with Crippen LogP contribution in [-0.2, 0) is 23.8 Å². The molecule has 9 heteroatoms. The summed E-state index contributed by atoms with van der Waals surface area (Å²) in [5.41, 5.74) is 5.04. The number of amides is 2. The van der Waals surface area contributed by atoms with Crippen LogP contribution >= 0.6 is 12.2 Å². The van der Waals surface area contributed by atoms with Gasteiger partial charge in [-0.3, -0.25) is 9.59 Å². The summed E-state index contributed by atoms with van der Waals surface area (Å²) in [5.74, 6) is -0.642. The average Bonchev–Trinajstić information content (AvgIpc) is 2.52. The quantitative estimate of drug-likeness (QED) is 0.225. The van der Waals surface area contributed by atoms with E-state index in [1.54, 1.807) is 7.11 Å². The number of nitrogens with one attached hydrogen (secondary N) is 2. The number of primary amides is 1. The van der Waals surface area contributed by atoms with E-state index in [4.69, 9.17) is 32.2 Å². The Balaban J connectivity index is 3.99. The van der Waals surface area contributed by atoms with E-state index in [0.29, 0.717) is 31.4 Å². The van der Waals surface area contributed by atoms with Crippen molar-refractivity contribution < 1.29 is 23.8 Å². The minimum Gasteiger partial charge on any atom is -0.382 e. The van der Waals surface area contributed by atoms with Gasteiger partial charge in [0.2, 0.25) is 11.8 Å². The molecule has 0 saturated carbocycles. The van der Waals surface area contributed by atoms with Crippen LogP contribution in [0, 0.1) is 5.92 Å². The van der Waals surface area contributed by atoms with Gasteiger partial charge >= 0.3 is 0 Å². The van der Waals surface area contributed by atoms with Crippen LogP contribution in [0.15, 0.2) is 0 Å². The predicted molar refractivity (Wildman–Crippen MR) is 94.4 cm³/mol. The molecule has 4 N–H and O–H groups in total. The molecule has 0 rings (SSSR count). The van der Waals surface area contributed by atoms with Crippen molar-refractivity contribution in [1.82, 2.24) is 10.6 Å². The molecule has 0 aliphatic rings. The molecule has 0 aliphatic heterocycles. The van der Waals surface area contributed by atoms with E-state index in [-0.39, 0.29) is 37.5 Å². The topological polar surface area (TPSA) is 112 Å². The lowest BCUT2D eigenvalue weighted by Crippen LogP contribution is -2.49. The van der Waals surface area contributed by atoms with E-state index in [9.17, 15) is 9.59 Å². The molecule has 0 saturated heterocycles. The molecule has 0 unspecified atom stereocenters. The van der Waals surface area contributed by atoms with E-state index < -0.39 is 5.91 Å². The van der Waals surface area contributed by atoms with E-state index in [1.165, 1.54) is 0 Å². The van der Waals surface area contributed by atoms with Crippen molar-refractivity contribution in [2.75, 3.05) is 40.3 Å². The maximum atomic E-state index is 11.8. The Kier molecular flexibility index (Phi) is 13.3. The van der Waals surface area contributed by atoms with Crippen LogP contribution in [-0.4, -0.2) is 63.1 Å². The molecular formula is C15H29N3O5S. The lowest BCUT2D eigenvalue weighted by Gasteiger charge is -2.24. The van der Waals surface area contributed by atoms with Crippen LogP contribution in [0.1, 0.15) is 26.7 Å². The number of carbonyl (C=O) groups excluding carboxylic acids is 2. The number of carbonyl (C=O) groups is 2. The molecule has 0 radical (unpaired) electrons. The normalized spacial score (nSPS) is 12.0. The van der Waals surface area contributed by atoms with Gasteiger partial charge in [0, 0.05) is 26.5 Å². The fourth-order valence-electron chi connectivity index (χ4n) is 1.69. The molecule has 140 valence electrons. The van der Waals surface area contributed by atoms with Crippen molar-refractivity contribution in [2.45, 2.75) is 32.7 Å². The SMILES string of the molecule is COCCOCOCCNC(=S)[C@@H](NC(=O)CCC(N)=O)C(C)C. The Hall–Kier alpha value is -1.29. The molecule has 0 aromatic rings. The predicted octanol–water partition coefficient (Wildman–Crippen LogP) is -0.0532. The monoisotopic (exact) mass is 363 g/mol. The molecule has 2 amide bonds. The maximum Gasteiger partial charge on any atom is 0.221 e. The molecule has 8 nitrogen and oxygen atoms in total. The first-order valence-electron chi connectivity index (χ1n) is 7.88. The van der Waals surface area contributed by atoms with Crippen molar-refractivity contribution in [3.8, 4) is 0 Å². The highest BCUT2D eigenvalue weighted by Gasteiger charge is 2.20. The minimum atomic E-state index is -0.503. The third-order valence-corrected chi connectivity index (χ3v) is 3.41. The second kappa shape index (κ2) is 14.1. The summed E-state index contributed by atoms with van der Waals surface area (Å²) < 4.78 is 15.3. The van der Waals surface area contributed by atoms with Crippen LogP contribution in [0.4, 0.5) is 0 Å². The van der Waals surface area contributed by atoms with Crippen molar-refractivity contribution in [3.05, 3.63) is 0 Å². The summed E-state index contributed by atoms with van der Waals surface area (Å²) in [7, 11) is 1.60. The number of nitrogens with two attached hydrogens (primary N) is 1. The van der Waals surface area contributed by atoms with E-state index in [1.807, 2.05) is 13.8 Å². The number of ether oxygens (including phenoxy) is 3. The van der Waals surface area contributed by atoms with Gasteiger partial charge in [-0.25, -0.2) is 0 Å². The van der Waals surface area contributed by atoms with Crippen LogP contribution in [0.2, 0.25) is 0 Å². The average molecular weight is 363 g/mol. The molecule has 0 bridgehead atoms. The lowest BCUT2D eigenvalue weighted by atomic mass is 10.0. The van der Waals surface area contributed by atoms with Crippen molar-refractivity contribution in [2.24, 2.45) is 11.7 Å². The van der Waals surface area contributed by atoms with Gasteiger partial charge < -0.3 is 30.6 Å². The molecule has 0 spiro atoms. The van der Waals surface area contributed by atoms with Crippen LogP contribution in [0.25, 0.3) is 0 Å². The van der Waals surface area contributed by atoms with Gasteiger partial charge in [-0.2, -0.15) is 0 Å². The standard InChI is InChI=1S/C15H29N3O5S/c1-11(2)14(18-13(20)5-4-12(16)19)15(24)17-6-7-22-10-23-9-8-21-3/h11,14H,4-10H2,1-3H3,(H2,16,19)(H,17,24)(H,18,20)/t14-/m0/s1. The number of thiocarbonyl (C=S) groups is 1. The van der Waals surface area contributed by atoms with E-state index in [0.717, 1.165) is 0 Å². The van der Waals surface area contributed by atoms with Gasteiger partial charge in [0.05, 0.1) is 30.9 Å². The van der Waals surface area contributed by atoms with Gasteiger partial charge in [-0.05, 0) is 5.92 Å². The second-order valence-corrected chi connectivity index (χ2v) is 5.91. The number of hydrogen-bond acceptors (Lipinski definition) is 6. The number of hydrogen-bond donors (Lipinski definition) is 3. The van der Waals surface area contributed by atoms with Gasteiger partial charge in [0.15, 0.2) is 0 Å². The first-order chi connectivity index (χ1) is 11.4. The zero-order valence-electron chi connectivity index (χ0n) is 14.6. The summed E-state index contributed by atoms with van der Waals surface area (Å²) in [4.78, 5) is 23.1. The van der Waals surface area contributed by atoms with Gasteiger partial charge in [-0.15, -0.1) is 0 Å². The van der Waals surface area contributed by atoms with Crippen LogP contribution in [0.5, 0.6) is 0 Å². The fraction of sp³-hybridized carbons (Fsp3) is 0.800. The van der Waals surface area contributed by atoms with Gasteiger partial charge in [0.25, 0.3) is 0 Å². The third kappa shape index (κ3) is 12.2. The highest BCUT2D eigenvalue weighted by atomic mass is 32.1. The van der Waals surface area contributed by atoms with E-state index in [2.05, 4.69) is 10.6 Å². The smallest absolute Gasteiger partial charge is 0.221 e. The van der Waals surface area contributed by atoms with Gasteiger partial charge in [-0.1, -0.05) is 26.1 Å². The number of rotatable bonds is 14. The minimum absolute atomic E-state index is 0.0216. The van der Waals surface area contributed by atoms with Gasteiger partial charge in [0.1, 0.15) is 6.79 Å². The zero-order chi connectivity index (χ0) is 18.4. The molecule has 0 heterocycles. The Morgan fingerprint density at radius 2 is 1.79 bits per heavy atom. The number of methoxy groups -OCH3 is 1. The summed E-state index contributed by atoms with van der Waals surface area (Å²) in [6.07, 6.45) is 0.0802. The van der Waals surface area contributed by atoms with Crippen LogP contribution < -0.4 is 16.4 Å². The molecular weight excluding hydrogens is 334 g/mol. The summed E-state index contributed by atoms with van der Waals surface area (Å²) in [6, 6.07) is -0.307. The van der Waals surface area contributed by atoms with Crippen molar-refractivity contribution in [1.29, 1.82) is 0 Å². The Bertz CT molecular complexity index is 393. The largest absolute Gasteiger partial charge is 0.382 e. The van der Waals surface area contributed by atoms with Crippen LogP contribution in [0.3, 0.4) is 0 Å². The first kappa shape index (κ1) is 22.7. The molecule has 24 heavy (non-hydrogen) atoms. The highest BCUT2D eigenvalue weighted by Crippen LogP contribution is 2.04. The highest BCUT2D eigenvalue weighted by molar-refractivity contribution is 7.80. The van der Waals surface area contributed by atoms with Crippen molar-refractivity contribution >= 4 is 29.0 Å². The molecule has 0 aliphatic carbocycles. The summed E-state index contributed by atoms with van der Waals surface area (Å²) in [5, 5.41) is 5.87. The zero-order valence-corrected chi connectivity index (χ0v) is 15.4. The Labute approximate surface area is 148 Å². The van der Waals surface area contributed by atoms with E-state index >= 15 is 0 Å².